The zero-order chi connectivity index (χ0) is 13.9. The van der Waals surface area contributed by atoms with Gasteiger partial charge in [-0.25, -0.2) is 4.79 Å². The Bertz CT molecular complexity index is 318. The zero-order valence-corrected chi connectivity index (χ0v) is 12.1. The molecular formula is C13H25N3O3. The molecule has 2 heterocycles. The van der Waals surface area contributed by atoms with Crippen LogP contribution in [-0.2, 0) is 9.47 Å². The van der Waals surface area contributed by atoms with Crippen LogP contribution >= 0.6 is 0 Å². The maximum Gasteiger partial charge on any atom is 0.407 e. The lowest BCUT2D eigenvalue weighted by atomic mass is 9.89. The summed E-state index contributed by atoms with van der Waals surface area (Å²) in [6.45, 7) is 11.4. The molecule has 6 nitrogen and oxygen atoms in total. The molecule has 0 unspecified atom stereocenters. The Labute approximate surface area is 114 Å². The SMILES string of the molecule is CC(C)(C)OC(=O)NCC1(N2CCOCC2)CNC1. The van der Waals surface area contributed by atoms with Crippen LogP contribution in [0.25, 0.3) is 0 Å². The largest absolute Gasteiger partial charge is 0.444 e. The number of alkyl carbamates (subject to hydrolysis) is 1. The van der Waals surface area contributed by atoms with Crippen LogP contribution in [0.2, 0.25) is 0 Å². The molecule has 0 aromatic rings. The Hall–Kier alpha value is -0.850. The van der Waals surface area contributed by atoms with E-state index >= 15 is 0 Å². The molecule has 0 bridgehead atoms. The highest BCUT2D eigenvalue weighted by molar-refractivity contribution is 5.67. The molecule has 0 radical (unpaired) electrons. The Balaban J connectivity index is 1.83. The normalized spacial score (nSPS) is 23.5. The van der Waals surface area contributed by atoms with Crippen molar-refractivity contribution >= 4 is 6.09 Å². The van der Waals surface area contributed by atoms with Crippen molar-refractivity contribution in [2.24, 2.45) is 0 Å². The summed E-state index contributed by atoms with van der Waals surface area (Å²) in [5, 5.41) is 6.19. The highest BCUT2D eigenvalue weighted by Crippen LogP contribution is 2.21. The van der Waals surface area contributed by atoms with E-state index in [1.807, 2.05) is 20.8 Å². The minimum absolute atomic E-state index is 0.0285. The molecule has 0 saturated carbocycles. The second kappa shape index (κ2) is 5.64. The number of ether oxygens (including phenoxy) is 2. The number of amides is 1. The van der Waals surface area contributed by atoms with Crippen molar-refractivity contribution in [2.75, 3.05) is 45.9 Å². The number of nitrogens with zero attached hydrogens (tertiary/aromatic N) is 1. The summed E-state index contributed by atoms with van der Waals surface area (Å²) in [7, 11) is 0. The summed E-state index contributed by atoms with van der Waals surface area (Å²) in [5.41, 5.74) is -0.422. The average molecular weight is 271 g/mol. The van der Waals surface area contributed by atoms with E-state index in [9.17, 15) is 4.79 Å². The van der Waals surface area contributed by atoms with Gasteiger partial charge in [0.05, 0.1) is 18.8 Å². The van der Waals surface area contributed by atoms with Gasteiger partial charge in [-0.1, -0.05) is 0 Å². The fourth-order valence-corrected chi connectivity index (χ4v) is 2.46. The molecule has 2 rings (SSSR count). The van der Waals surface area contributed by atoms with Crippen molar-refractivity contribution in [3.05, 3.63) is 0 Å². The molecule has 2 fully saturated rings. The third kappa shape index (κ3) is 3.81. The van der Waals surface area contributed by atoms with Crippen LogP contribution in [0.5, 0.6) is 0 Å². The minimum Gasteiger partial charge on any atom is -0.444 e. The molecule has 0 atom stereocenters. The summed E-state index contributed by atoms with van der Waals surface area (Å²) in [4.78, 5) is 14.1. The van der Waals surface area contributed by atoms with Crippen molar-refractivity contribution in [3.8, 4) is 0 Å². The van der Waals surface area contributed by atoms with Crippen LogP contribution in [0.15, 0.2) is 0 Å². The van der Waals surface area contributed by atoms with Gasteiger partial charge in [0.25, 0.3) is 0 Å². The lowest BCUT2D eigenvalue weighted by Crippen LogP contribution is -2.74. The van der Waals surface area contributed by atoms with Gasteiger partial charge in [-0.05, 0) is 20.8 Å². The molecule has 1 amide bonds. The minimum atomic E-state index is -0.450. The predicted octanol–water partition coefficient (Wildman–Crippen LogP) is 0.185. The monoisotopic (exact) mass is 271 g/mol. The van der Waals surface area contributed by atoms with Crippen molar-refractivity contribution in [3.63, 3.8) is 0 Å². The number of carbonyl (C=O) groups is 1. The molecule has 2 saturated heterocycles. The van der Waals surface area contributed by atoms with Crippen LogP contribution < -0.4 is 10.6 Å². The van der Waals surface area contributed by atoms with Gasteiger partial charge in [-0.3, -0.25) is 4.90 Å². The summed E-state index contributed by atoms with van der Waals surface area (Å²) in [6.07, 6.45) is -0.341. The van der Waals surface area contributed by atoms with Gasteiger partial charge in [-0.2, -0.15) is 0 Å². The highest BCUT2D eigenvalue weighted by Gasteiger charge is 2.43. The van der Waals surface area contributed by atoms with E-state index in [1.54, 1.807) is 0 Å². The molecule has 6 heteroatoms. The van der Waals surface area contributed by atoms with Gasteiger partial charge < -0.3 is 20.1 Å². The van der Waals surface area contributed by atoms with E-state index < -0.39 is 5.60 Å². The first-order valence-corrected chi connectivity index (χ1v) is 6.92. The number of hydrogen-bond donors (Lipinski definition) is 2. The standard InChI is InChI=1S/C13H25N3O3/c1-12(2,3)19-11(17)15-10-13(8-14-9-13)16-4-6-18-7-5-16/h14H,4-10H2,1-3H3,(H,15,17). The first-order valence-electron chi connectivity index (χ1n) is 6.92. The molecular weight excluding hydrogens is 246 g/mol. The van der Waals surface area contributed by atoms with Gasteiger partial charge in [0.1, 0.15) is 5.60 Å². The zero-order valence-electron chi connectivity index (χ0n) is 12.1. The van der Waals surface area contributed by atoms with Crippen molar-refractivity contribution in [1.82, 2.24) is 15.5 Å². The molecule has 19 heavy (non-hydrogen) atoms. The highest BCUT2D eigenvalue weighted by atomic mass is 16.6. The molecule has 0 aromatic carbocycles. The second-order valence-corrected chi connectivity index (χ2v) is 6.28. The van der Waals surface area contributed by atoms with E-state index in [2.05, 4.69) is 15.5 Å². The van der Waals surface area contributed by atoms with E-state index in [1.165, 1.54) is 0 Å². The lowest BCUT2D eigenvalue weighted by molar-refractivity contribution is -0.0437. The Morgan fingerprint density at radius 2 is 2.00 bits per heavy atom. The summed E-state index contributed by atoms with van der Waals surface area (Å²) >= 11 is 0. The van der Waals surface area contributed by atoms with Crippen molar-refractivity contribution in [2.45, 2.75) is 31.9 Å². The summed E-state index contributed by atoms with van der Waals surface area (Å²) in [5.74, 6) is 0. The van der Waals surface area contributed by atoms with E-state index in [-0.39, 0.29) is 11.6 Å². The molecule has 0 aliphatic carbocycles. The number of rotatable bonds is 3. The molecule has 0 aromatic heterocycles. The maximum atomic E-state index is 11.7. The van der Waals surface area contributed by atoms with Crippen LogP contribution in [0.1, 0.15) is 20.8 Å². The van der Waals surface area contributed by atoms with E-state index in [0.717, 1.165) is 39.4 Å². The van der Waals surface area contributed by atoms with Gasteiger partial charge in [0.2, 0.25) is 0 Å². The number of hydrogen-bond acceptors (Lipinski definition) is 5. The fourth-order valence-electron chi connectivity index (χ4n) is 2.46. The third-order valence-corrected chi connectivity index (χ3v) is 3.55. The summed E-state index contributed by atoms with van der Waals surface area (Å²) < 4.78 is 10.7. The first-order chi connectivity index (χ1) is 8.91. The molecule has 110 valence electrons. The number of nitrogens with one attached hydrogen (secondary N) is 2. The van der Waals surface area contributed by atoms with Gasteiger partial charge >= 0.3 is 6.09 Å². The third-order valence-electron chi connectivity index (χ3n) is 3.55. The molecule has 2 aliphatic rings. The molecule has 0 spiro atoms. The molecule has 2 N–H and O–H groups in total. The Morgan fingerprint density at radius 3 is 2.47 bits per heavy atom. The van der Waals surface area contributed by atoms with Crippen LogP contribution in [-0.4, -0.2) is 68.1 Å². The predicted molar refractivity (Wildman–Crippen MR) is 72.2 cm³/mol. The summed E-state index contributed by atoms with van der Waals surface area (Å²) in [6, 6.07) is 0. The lowest BCUT2D eigenvalue weighted by Gasteiger charge is -2.51. The van der Waals surface area contributed by atoms with E-state index in [4.69, 9.17) is 9.47 Å². The van der Waals surface area contributed by atoms with Crippen LogP contribution in [0, 0.1) is 0 Å². The molecule has 2 aliphatic heterocycles. The Kier molecular flexibility index (Phi) is 4.32. The first kappa shape index (κ1) is 14.6. The fraction of sp³-hybridized carbons (Fsp3) is 0.923. The van der Waals surface area contributed by atoms with Gasteiger partial charge in [0.15, 0.2) is 0 Å². The van der Waals surface area contributed by atoms with Crippen molar-refractivity contribution < 1.29 is 14.3 Å². The maximum absolute atomic E-state index is 11.7. The Morgan fingerprint density at radius 1 is 1.37 bits per heavy atom. The quantitative estimate of drug-likeness (QED) is 0.767. The van der Waals surface area contributed by atoms with Gasteiger partial charge in [0, 0.05) is 32.7 Å². The average Bonchev–Trinajstić information content (AvgIpc) is 2.26. The topological polar surface area (TPSA) is 62.8 Å². The second-order valence-electron chi connectivity index (χ2n) is 6.28. The van der Waals surface area contributed by atoms with Crippen LogP contribution in [0.4, 0.5) is 4.79 Å². The van der Waals surface area contributed by atoms with Crippen molar-refractivity contribution in [1.29, 1.82) is 0 Å². The smallest absolute Gasteiger partial charge is 0.407 e. The van der Waals surface area contributed by atoms with Crippen LogP contribution in [0.3, 0.4) is 0 Å². The van der Waals surface area contributed by atoms with Gasteiger partial charge in [-0.15, -0.1) is 0 Å². The number of carbonyl (C=O) groups excluding carboxylic acids is 1. The van der Waals surface area contributed by atoms with E-state index in [0.29, 0.717) is 6.54 Å². The number of morpholine rings is 1.